The van der Waals surface area contributed by atoms with Gasteiger partial charge in [0.25, 0.3) is 0 Å². The molecule has 0 fully saturated rings. The van der Waals surface area contributed by atoms with E-state index in [9.17, 15) is 13.2 Å². The number of nitrogens with two attached hydrogens (primary N) is 1. The van der Waals surface area contributed by atoms with Crippen molar-refractivity contribution >= 4 is 32.4 Å². The van der Waals surface area contributed by atoms with Crippen molar-refractivity contribution in [3.05, 3.63) is 5.69 Å². The van der Waals surface area contributed by atoms with Crippen molar-refractivity contribution in [2.45, 2.75) is 25.0 Å². The van der Waals surface area contributed by atoms with Gasteiger partial charge in [-0.15, -0.1) is 0 Å². The molecule has 1 aromatic heterocycles. The number of primary sulfonamides is 1. The normalized spacial score (nSPS) is 11.8. The largest absolute Gasteiger partial charge is 0.302 e. The van der Waals surface area contributed by atoms with Crippen molar-refractivity contribution in [2.75, 3.05) is 5.32 Å². The number of carbonyl (C=O) groups is 1. The summed E-state index contributed by atoms with van der Waals surface area (Å²) >= 11 is 0.856. The highest BCUT2D eigenvalue weighted by molar-refractivity contribution is 7.91. The maximum absolute atomic E-state index is 11.4. The zero-order valence-corrected chi connectivity index (χ0v) is 10.8. The standard InChI is InChI=1S/C8H13N3O3S2/c1-4(2)6(12)11-8-10-5(3)7(15-8)16(9,13)14/h4H,1-3H3,(H2,9,13,14)(H,10,11,12). The van der Waals surface area contributed by atoms with Gasteiger partial charge in [0, 0.05) is 5.92 Å². The van der Waals surface area contributed by atoms with Gasteiger partial charge in [-0.25, -0.2) is 18.5 Å². The molecule has 0 saturated carbocycles. The molecule has 0 radical (unpaired) electrons. The Labute approximate surface area is 97.9 Å². The van der Waals surface area contributed by atoms with Crippen LogP contribution < -0.4 is 10.5 Å². The molecule has 90 valence electrons. The number of thiazole rings is 1. The van der Waals surface area contributed by atoms with E-state index < -0.39 is 10.0 Å². The molecule has 1 heterocycles. The van der Waals surface area contributed by atoms with Crippen molar-refractivity contribution in [1.82, 2.24) is 4.98 Å². The molecule has 0 aliphatic rings. The van der Waals surface area contributed by atoms with Crippen LogP contribution in [0.5, 0.6) is 0 Å². The maximum Gasteiger partial charge on any atom is 0.249 e. The van der Waals surface area contributed by atoms with Crippen molar-refractivity contribution in [3.8, 4) is 0 Å². The van der Waals surface area contributed by atoms with E-state index >= 15 is 0 Å². The molecule has 3 N–H and O–H groups in total. The van der Waals surface area contributed by atoms with E-state index in [2.05, 4.69) is 10.3 Å². The fraction of sp³-hybridized carbons (Fsp3) is 0.500. The number of amides is 1. The van der Waals surface area contributed by atoms with Crippen molar-refractivity contribution in [2.24, 2.45) is 11.1 Å². The SMILES string of the molecule is Cc1nc(NC(=O)C(C)C)sc1S(N)(=O)=O. The van der Waals surface area contributed by atoms with Gasteiger partial charge >= 0.3 is 0 Å². The smallest absolute Gasteiger partial charge is 0.249 e. The van der Waals surface area contributed by atoms with Gasteiger partial charge in [-0.1, -0.05) is 25.2 Å². The van der Waals surface area contributed by atoms with Crippen LogP contribution in [0, 0.1) is 12.8 Å². The van der Waals surface area contributed by atoms with Gasteiger partial charge in [-0.2, -0.15) is 0 Å². The predicted octanol–water partition coefficient (Wildman–Crippen LogP) is 0.693. The fourth-order valence-corrected chi connectivity index (χ4v) is 2.81. The van der Waals surface area contributed by atoms with Crippen LogP contribution in [0.1, 0.15) is 19.5 Å². The summed E-state index contributed by atoms with van der Waals surface area (Å²) in [4.78, 5) is 15.3. The quantitative estimate of drug-likeness (QED) is 0.837. The van der Waals surface area contributed by atoms with Crippen LogP contribution in [-0.4, -0.2) is 19.3 Å². The Morgan fingerprint density at radius 3 is 2.44 bits per heavy atom. The molecule has 0 aliphatic heterocycles. The Morgan fingerprint density at radius 2 is 2.06 bits per heavy atom. The van der Waals surface area contributed by atoms with E-state index in [1.165, 1.54) is 6.92 Å². The van der Waals surface area contributed by atoms with Crippen molar-refractivity contribution in [3.63, 3.8) is 0 Å². The van der Waals surface area contributed by atoms with E-state index in [0.29, 0.717) is 5.69 Å². The second-order valence-corrected chi connectivity index (χ2v) is 6.34. The molecule has 0 bridgehead atoms. The number of nitrogens with one attached hydrogen (secondary N) is 1. The number of aryl methyl sites for hydroxylation is 1. The number of rotatable bonds is 3. The Bertz CT molecular complexity index is 505. The minimum atomic E-state index is -3.76. The second-order valence-electron chi connectivity index (χ2n) is 3.58. The first-order chi connectivity index (χ1) is 7.21. The molecule has 0 spiro atoms. The molecule has 0 saturated heterocycles. The lowest BCUT2D eigenvalue weighted by Crippen LogP contribution is -2.17. The molecule has 0 aliphatic carbocycles. The summed E-state index contributed by atoms with van der Waals surface area (Å²) < 4.78 is 22.2. The maximum atomic E-state index is 11.4. The molecule has 1 aromatic rings. The molecule has 8 heteroatoms. The van der Waals surface area contributed by atoms with Crippen LogP contribution in [-0.2, 0) is 14.8 Å². The zero-order valence-electron chi connectivity index (χ0n) is 9.14. The molecule has 0 unspecified atom stereocenters. The summed E-state index contributed by atoms with van der Waals surface area (Å²) in [5, 5.41) is 7.76. The van der Waals surface area contributed by atoms with Gasteiger partial charge < -0.3 is 5.32 Å². The van der Waals surface area contributed by atoms with Crippen LogP contribution in [0.4, 0.5) is 5.13 Å². The molecular weight excluding hydrogens is 250 g/mol. The number of aromatic nitrogens is 1. The Morgan fingerprint density at radius 1 is 1.50 bits per heavy atom. The monoisotopic (exact) mass is 263 g/mol. The third kappa shape index (κ3) is 3.00. The summed E-state index contributed by atoms with van der Waals surface area (Å²) in [6.07, 6.45) is 0. The Hall–Kier alpha value is -0.990. The van der Waals surface area contributed by atoms with E-state index in [1.54, 1.807) is 13.8 Å². The first-order valence-electron chi connectivity index (χ1n) is 4.53. The molecule has 1 amide bonds. The van der Waals surface area contributed by atoms with Gasteiger partial charge in [0.05, 0.1) is 5.69 Å². The second kappa shape index (κ2) is 4.48. The zero-order chi connectivity index (χ0) is 12.5. The highest BCUT2D eigenvalue weighted by atomic mass is 32.2. The molecule has 0 aromatic carbocycles. The van der Waals surface area contributed by atoms with Crippen molar-refractivity contribution in [1.29, 1.82) is 0 Å². The van der Waals surface area contributed by atoms with Crippen LogP contribution in [0.2, 0.25) is 0 Å². The summed E-state index contributed by atoms with van der Waals surface area (Å²) in [6, 6.07) is 0. The van der Waals surface area contributed by atoms with Crippen LogP contribution in [0.3, 0.4) is 0 Å². The van der Waals surface area contributed by atoms with E-state index in [1.807, 2.05) is 0 Å². The van der Waals surface area contributed by atoms with Gasteiger partial charge in [0.1, 0.15) is 0 Å². The lowest BCUT2D eigenvalue weighted by Gasteiger charge is -2.02. The average Bonchev–Trinajstić information content (AvgIpc) is 2.45. The number of carbonyl (C=O) groups excluding carboxylic acids is 1. The minimum absolute atomic E-state index is 0.0217. The summed E-state index contributed by atoms with van der Waals surface area (Å²) in [6.45, 7) is 4.99. The van der Waals surface area contributed by atoms with Gasteiger partial charge in [0.2, 0.25) is 15.9 Å². The average molecular weight is 263 g/mol. The lowest BCUT2D eigenvalue weighted by atomic mass is 10.2. The molecule has 0 atom stereocenters. The third-order valence-electron chi connectivity index (χ3n) is 1.77. The first kappa shape index (κ1) is 13.1. The number of hydrogen-bond acceptors (Lipinski definition) is 5. The number of hydrogen-bond donors (Lipinski definition) is 2. The summed E-state index contributed by atoms with van der Waals surface area (Å²) in [5.74, 6) is -0.406. The highest BCUT2D eigenvalue weighted by Crippen LogP contribution is 2.26. The molecular formula is C8H13N3O3S2. The fourth-order valence-electron chi connectivity index (χ4n) is 0.950. The van der Waals surface area contributed by atoms with Crippen LogP contribution >= 0.6 is 11.3 Å². The topological polar surface area (TPSA) is 102 Å². The minimum Gasteiger partial charge on any atom is -0.302 e. The Balaban J connectivity index is 2.99. The first-order valence-corrected chi connectivity index (χ1v) is 6.89. The third-order valence-corrected chi connectivity index (χ3v) is 4.39. The van der Waals surface area contributed by atoms with Crippen LogP contribution in [0.15, 0.2) is 4.21 Å². The van der Waals surface area contributed by atoms with Gasteiger partial charge in [0.15, 0.2) is 9.34 Å². The van der Waals surface area contributed by atoms with Crippen LogP contribution in [0.25, 0.3) is 0 Å². The van der Waals surface area contributed by atoms with Crippen molar-refractivity contribution < 1.29 is 13.2 Å². The summed E-state index contributed by atoms with van der Waals surface area (Å²) in [5.41, 5.74) is 0.298. The van der Waals surface area contributed by atoms with E-state index in [0.717, 1.165) is 11.3 Å². The van der Waals surface area contributed by atoms with E-state index in [-0.39, 0.29) is 21.2 Å². The molecule has 6 nitrogen and oxygen atoms in total. The summed E-state index contributed by atoms with van der Waals surface area (Å²) in [7, 11) is -3.76. The van der Waals surface area contributed by atoms with E-state index in [4.69, 9.17) is 5.14 Å². The van der Waals surface area contributed by atoms with Gasteiger partial charge in [-0.3, -0.25) is 4.79 Å². The molecule has 16 heavy (non-hydrogen) atoms. The van der Waals surface area contributed by atoms with Gasteiger partial charge in [-0.05, 0) is 6.92 Å². The predicted molar refractivity (Wildman–Crippen MR) is 61.7 cm³/mol. The Kier molecular flexibility index (Phi) is 3.66. The number of anilines is 1. The molecule has 1 rings (SSSR count). The lowest BCUT2D eigenvalue weighted by molar-refractivity contribution is -0.118. The highest BCUT2D eigenvalue weighted by Gasteiger charge is 2.19. The number of sulfonamides is 1. The number of nitrogens with zero attached hydrogens (tertiary/aromatic N) is 1.